The first kappa shape index (κ1) is 20.3. The van der Waals surface area contributed by atoms with E-state index in [4.69, 9.17) is 0 Å². The number of nitrogens with zero attached hydrogens (tertiary/aromatic N) is 3. The molecule has 0 spiro atoms. The summed E-state index contributed by atoms with van der Waals surface area (Å²) in [6.45, 7) is 0.697. The smallest absolute Gasteiger partial charge is 0.245 e. The largest absolute Gasteiger partial charge is 0.307 e. The summed E-state index contributed by atoms with van der Waals surface area (Å²) in [7, 11) is -3.75. The molecule has 1 aliphatic rings. The minimum absolute atomic E-state index is 0.211. The first-order valence-electron chi connectivity index (χ1n) is 9.89. The molecule has 0 saturated carbocycles. The summed E-state index contributed by atoms with van der Waals surface area (Å²) in [5.74, 6) is -0.220. The van der Waals surface area contributed by atoms with Crippen LogP contribution in [0.3, 0.4) is 0 Å². The third-order valence-electron chi connectivity index (χ3n) is 5.26. The predicted octanol–water partition coefficient (Wildman–Crippen LogP) is 3.47. The molecule has 1 atom stereocenters. The summed E-state index contributed by atoms with van der Waals surface area (Å²) < 4.78 is 27.8. The van der Waals surface area contributed by atoms with Gasteiger partial charge in [-0.3, -0.25) is 9.78 Å². The lowest BCUT2D eigenvalue weighted by molar-refractivity contribution is -0.121. The van der Waals surface area contributed by atoms with Gasteiger partial charge in [-0.05, 0) is 42.7 Å². The van der Waals surface area contributed by atoms with E-state index >= 15 is 0 Å². The predicted molar refractivity (Wildman–Crippen MR) is 115 cm³/mol. The van der Waals surface area contributed by atoms with Crippen LogP contribution in [-0.2, 0) is 21.4 Å². The number of hydrogen-bond donors (Lipinski definition) is 0. The number of anilines is 1. The Morgan fingerprint density at radius 3 is 2.27 bits per heavy atom. The van der Waals surface area contributed by atoms with Crippen LogP contribution in [0.5, 0.6) is 0 Å². The number of amides is 1. The maximum atomic E-state index is 13.6. The topological polar surface area (TPSA) is 70.6 Å². The van der Waals surface area contributed by atoms with Crippen LogP contribution in [0.1, 0.15) is 18.4 Å². The Bertz CT molecular complexity index is 1090. The minimum Gasteiger partial charge on any atom is -0.307 e. The van der Waals surface area contributed by atoms with Crippen molar-refractivity contribution in [3.05, 3.63) is 90.8 Å². The number of sulfonamides is 1. The Labute approximate surface area is 176 Å². The summed E-state index contributed by atoms with van der Waals surface area (Å²) in [6.07, 6.45) is 4.42. The number of benzene rings is 2. The van der Waals surface area contributed by atoms with Crippen molar-refractivity contribution in [3.8, 4) is 0 Å². The number of carbonyl (C=O) groups excluding carboxylic acids is 1. The van der Waals surface area contributed by atoms with Crippen LogP contribution < -0.4 is 4.90 Å². The van der Waals surface area contributed by atoms with Crippen molar-refractivity contribution in [2.24, 2.45) is 0 Å². The molecule has 1 fully saturated rings. The van der Waals surface area contributed by atoms with Crippen LogP contribution >= 0.6 is 0 Å². The molecule has 1 amide bonds. The third-order valence-corrected chi connectivity index (χ3v) is 7.18. The lowest BCUT2D eigenvalue weighted by Gasteiger charge is -2.30. The Morgan fingerprint density at radius 1 is 0.967 bits per heavy atom. The van der Waals surface area contributed by atoms with E-state index in [0.29, 0.717) is 31.6 Å². The zero-order chi connectivity index (χ0) is 21.0. The number of carbonyl (C=O) groups is 1. The Balaban J connectivity index is 1.66. The average molecular weight is 422 g/mol. The number of hydrogen-bond acceptors (Lipinski definition) is 4. The van der Waals surface area contributed by atoms with E-state index in [1.54, 1.807) is 59.8 Å². The standard InChI is InChI=1S/C23H23N3O3S/c27-23(22-12-7-17-26(22)30(28,29)21-10-5-2-6-11-21)25(20-13-15-24-16-14-20)18-19-8-3-1-4-9-19/h1-6,8-11,13-16,22H,7,12,17-18H2/t22-/m1/s1. The highest BCUT2D eigenvalue weighted by atomic mass is 32.2. The SMILES string of the molecule is O=C([C@H]1CCCN1S(=O)(=O)c1ccccc1)N(Cc1ccccc1)c1ccncc1. The molecule has 30 heavy (non-hydrogen) atoms. The van der Waals surface area contributed by atoms with Gasteiger partial charge in [0.1, 0.15) is 6.04 Å². The van der Waals surface area contributed by atoms with Gasteiger partial charge < -0.3 is 4.90 Å². The van der Waals surface area contributed by atoms with Crippen molar-refractivity contribution < 1.29 is 13.2 Å². The molecule has 2 heterocycles. The Kier molecular flexibility index (Phi) is 5.92. The fourth-order valence-electron chi connectivity index (χ4n) is 3.77. The van der Waals surface area contributed by atoms with Crippen molar-refractivity contribution in [2.45, 2.75) is 30.3 Å². The summed E-state index contributed by atoms with van der Waals surface area (Å²) in [4.78, 5) is 19.5. The van der Waals surface area contributed by atoms with Gasteiger partial charge in [-0.15, -0.1) is 0 Å². The van der Waals surface area contributed by atoms with E-state index in [1.807, 2.05) is 30.3 Å². The maximum Gasteiger partial charge on any atom is 0.245 e. The third kappa shape index (κ3) is 4.13. The van der Waals surface area contributed by atoms with Gasteiger partial charge in [-0.25, -0.2) is 8.42 Å². The number of rotatable bonds is 6. The second-order valence-corrected chi connectivity index (χ2v) is 9.09. The van der Waals surface area contributed by atoms with Gasteiger partial charge in [0.25, 0.3) is 0 Å². The molecule has 1 saturated heterocycles. The molecule has 3 aromatic rings. The van der Waals surface area contributed by atoms with E-state index in [0.717, 1.165) is 5.56 Å². The van der Waals surface area contributed by atoms with Crippen molar-refractivity contribution in [3.63, 3.8) is 0 Å². The molecular weight excluding hydrogens is 398 g/mol. The van der Waals surface area contributed by atoms with Gasteiger partial charge in [0.05, 0.1) is 11.4 Å². The summed E-state index contributed by atoms with van der Waals surface area (Å²) in [5, 5.41) is 0. The van der Waals surface area contributed by atoms with Crippen LogP contribution in [-0.4, -0.2) is 36.2 Å². The summed E-state index contributed by atoms with van der Waals surface area (Å²) in [5.41, 5.74) is 1.67. The zero-order valence-electron chi connectivity index (χ0n) is 16.5. The van der Waals surface area contributed by atoms with E-state index in [1.165, 1.54) is 4.31 Å². The van der Waals surface area contributed by atoms with Gasteiger partial charge in [-0.1, -0.05) is 48.5 Å². The zero-order valence-corrected chi connectivity index (χ0v) is 17.3. The Morgan fingerprint density at radius 2 is 1.60 bits per heavy atom. The molecular formula is C23H23N3O3S. The molecule has 1 aliphatic heterocycles. The van der Waals surface area contributed by atoms with Crippen molar-refractivity contribution >= 4 is 21.6 Å². The number of pyridine rings is 1. The van der Waals surface area contributed by atoms with Crippen LogP contribution in [0.15, 0.2) is 90.1 Å². The van der Waals surface area contributed by atoms with E-state index in [2.05, 4.69) is 4.98 Å². The number of aromatic nitrogens is 1. The second-order valence-electron chi connectivity index (χ2n) is 7.20. The molecule has 1 aromatic heterocycles. The minimum atomic E-state index is -3.75. The molecule has 6 nitrogen and oxygen atoms in total. The lowest BCUT2D eigenvalue weighted by atomic mass is 10.1. The normalized spacial score (nSPS) is 17.0. The van der Waals surface area contributed by atoms with Crippen LogP contribution in [0.4, 0.5) is 5.69 Å². The second kappa shape index (κ2) is 8.77. The highest BCUT2D eigenvalue weighted by molar-refractivity contribution is 7.89. The van der Waals surface area contributed by atoms with Crippen molar-refractivity contribution in [1.29, 1.82) is 0 Å². The molecule has 7 heteroatoms. The lowest BCUT2D eigenvalue weighted by Crippen LogP contribution is -2.47. The average Bonchev–Trinajstić information content (AvgIpc) is 3.30. The van der Waals surface area contributed by atoms with Crippen LogP contribution in [0.25, 0.3) is 0 Å². The molecule has 0 aliphatic carbocycles. The summed E-state index contributed by atoms with van der Waals surface area (Å²) in [6, 6.07) is 20.8. The molecule has 154 valence electrons. The molecule has 0 bridgehead atoms. The van der Waals surface area contributed by atoms with Gasteiger partial charge in [-0.2, -0.15) is 4.31 Å². The monoisotopic (exact) mass is 421 g/mol. The van der Waals surface area contributed by atoms with Gasteiger partial charge in [0.2, 0.25) is 15.9 Å². The molecule has 2 aromatic carbocycles. The van der Waals surface area contributed by atoms with Crippen molar-refractivity contribution in [1.82, 2.24) is 9.29 Å². The van der Waals surface area contributed by atoms with E-state index < -0.39 is 16.1 Å². The molecule has 4 rings (SSSR count). The quantitative estimate of drug-likeness (QED) is 0.611. The van der Waals surface area contributed by atoms with Crippen LogP contribution in [0.2, 0.25) is 0 Å². The van der Waals surface area contributed by atoms with Gasteiger partial charge in [0.15, 0.2) is 0 Å². The van der Waals surface area contributed by atoms with Crippen LogP contribution in [0, 0.1) is 0 Å². The highest BCUT2D eigenvalue weighted by Gasteiger charge is 2.41. The fourth-order valence-corrected chi connectivity index (χ4v) is 5.44. The first-order chi connectivity index (χ1) is 14.6. The van der Waals surface area contributed by atoms with E-state index in [9.17, 15) is 13.2 Å². The molecule has 0 radical (unpaired) electrons. The molecule has 0 unspecified atom stereocenters. The van der Waals surface area contributed by atoms with Crippen molar-refractivity contribution in [2.75, 3.05) is 11.4 Å². The molecule has 0 N–H and O–H groups in total. The van der Waals surface area contributed by atoms with E-state index in [-0.39, 0.29) is 10.8 Å². The first-order valence-corrected chi connectivity index (χ1v) is 11.3. The highest BCUT2D eigenvalue weighted by Crippen LogP contribution is 2.29. The fraction of sp³-hybridized carbons (Fsp3) is 0.217. The Hall–Kier alpha value is -3.03. The van der Waals surface area contributed by atoms with Gasteiger partial charge >= 0.3 is 0 Å². The van der Waals surface area contributed by atoms with Gasteiger partial charge in [0, 0.05) is 24.6 Å². The summed E-state index contributed by atoms with van der Waals surface area (Å²) >= 11 is 0. The maximum absolute atomic E-state index is 13.6.